The topological polar surface area (TPSA) is 0 Å². The van der Waals surface area contributed by atoms with Crippen molar-refractivity contribution in [2.75, 3.05) is 0 Å². The molecule has 2 aromatic rings. The lowest BCUT2D eigenvalue weighted by atomic mass is 9.82. The maximum absolute atomic E-state index is 3.81. The van der Waals surface area contributed by atoms with Crippen molar-refractivity contribution in [3.8, 4) is 0 Å². The van der Waals surface area contributed by atoms with Gasteiger partial charge in [0.05, 0.1) is 4.83 Å². The summed E-state index contributed by atoms with van der Waals surface area (Å²) in [5.41, 5.74) is 4.14. The predicted molar refractivity (Wildman–Crippen MR) is 102 cm³/mol. The van der Waals surface area contributed by atoms with E-state index in [2.05, 4.69) is 111 Å². The van der Waals surface area contributed by atoms with Gasteiger partial charge in [0.1, 0.15) is 0 Å². The van der Waals surface area contributed by atoms with Crippen LogP contribution in [0.3, 0.4) is 0 Å². The van der Waals surface area contributed by atoms with Crippen LogP contribution in [0.15, 0.2) is 51.4 Å². The van der Waals surface area contributed by atoms with Gasteiger partial charge < -0.3 is 0 Å². The first-order chi connectivity index (χ1) is 9.83. The summed E-state index contributed by atoms with van der Waals surface area (Å²) in [4.78, 5) is 0.199. The zero-order chi connectivity index (χ0) is 15.6. The van der Waals surface area contributed by atoms with Gasteiger partial charge in [0.15, 0.2) is 0 Å². The van der Waals surface area contributed by atoms with Crippen molar-refractivity contribution in [2.45, 2.75) is 37.4 Å². The highest BCUT2D eigenvalue weighted by atomic mass is 79.9. The Hall–Kier alpha value is -0.120. The van der Waals surface area contributed by atoms with Gasteiger partial charge >= 0.3 is 0 Å². The second-order valence-corrected chi connectivity index (χ2v) is 8.67. The van der Waals surface area contributed by atoms with Gasteiger partial charge in [-0.25, -0.2) is 0 Å². The van der Waals surface area contributed by atoms with Crippen LogP contribution in [-0.4, -0.2) is 0 Å². The van der Waals surface area contributed by atoms with Gasteiger partial charge in [-0.3, -0.25) is 0 Å². The molecule has 1 atom stereocenters. The van der Waals surface area contributed by atoms with Crippen molar-refractivity contribution < 1.29 is 0 Å². The summed E-state index contributed by atoms with van der Waals surface area (Å²) in [5, 5.41) is 0. The van der Waals surface area contributed by atoms with Crippen LogP contribution in [-0.2, 0) is 5.41 Å². The van der Waals surface area contributed by atoms with Crippen molar-refractivity contribution in [2.24, 2.45) is 0 Å². The highest BCUT2D eigenvalue weighted by Gasteiger charge is 2.18. The smallest absolute Gasteiger partial charge is 0.0645 e. The molecule has 2 rings (SSSR count). The van der Waals surface area contributed by atoms with Crippen LogP contribution in [0.4, 0.5) is 0 Å². The van der Waals surface area contributed by atoms with Crippen LogP contribution in [0.25, 0.3) is 0 Å². The molecule has 0 saturated heterocycles. The van der Waals surface area contributed by atoms with E-state index in [-0.39, 0.29) is 10.2 Å². The van der Waals surface area contributed by atoms with Gasteiger partial charge in [0.2, 0.25) is 0 Å². The van der Waals surface area contributed by atoms with E-state index in [1.807, 2.05) is 0 Å². The van der Waals surface area contributed by atoms with Gasteiger partial charge in [-0.1, -0.05) is 92.8 Å². The van der Waals surface area contributed by atoms with E-state index in [4.69, 9.17) is 0 Å². The molecule has 3 heteroatoms. The predicted octanol–water partition coefficient (Wildman–Crippen LogP) is 7.38. The van der Waals surface area contributed by atoms with Crippen LogP contribution >= 0.6 is 47.8 Å². The van der Waals surface area contributed by atoms with Gasteiger partial charge in [-0.05, 0) is 46.7 Å². The molecule has 0 aliphatic carbocycles. The van der Waals surface area contributed by atoms with E-state index in [1.54, 1.807) is 0 Å². The Kier molecular flexibility index (Phi) is 5.72. The Labute approximate surface area is 152 Å². The van der Waals surface area contributed by atoms with E-state index >= 15 is 0 Å². The molecule has 0 heterocycles. The Balaban J connectivity index is 2.30. The summed E-state index contributed by atoms with van der Waals surface area (Å²) in [6.45, 7) is 6.82. The molecule has 0 radical (unpaired) electrons. The Morgan fingerprint density at radius 2 is 1.43 bits per heavy atom. The molecule has 0 spiro atoms. The number of hydrogen-bond donors (Lipinski definition) is 0. The zero-order valence-electron chi connectivity index (χ0n) is 12.5. The molecular formula is C18H19Br3. The minimum atomic E-state index is 0.199. The van der Waals surface area contributed by atoms with Crippen molar-refractivity contribution in [3.05, 3.63) is 68.1 Å². The summed E-state index contributed by atoms with van der Waals surface area (Å²) in [6, 6.07) is 15.3. The molecule has 0 aromatic heterocycles. The van der Waals surface area contributed by atoms with Crippen LogP contribution in [0, 0.1) is 0 Å². The minimum absolute atomic E-state index is 0.199. The molecule has 0 bridgehead atoms. The lowest BCUT2D eigenvalue weighted by Crippen LogP contribution is -2.15. The molecule has 0 aliphatic heterocycles. The number of benzene rings is 2. The number of hydrogen-bond acceptors (Lipinski definition) is 0. The number of rotatable bonds is 4. The fourth-order valence-corrected chi connectivity index (χ4v) is 4.12. The van der Waals surface area contributed by atoms with Gasteiger partial charge in [0, 0.05) is 8.95 Å². The van der Waals surface area contributed by atoms with Crippen molar-refractivity contribution in [1.29, 1.82) is 0 Å². The Bertz CT molecular complexity index is 595. The standard InChI is InChI=1S/C18H19Br3/c1-4-18(2,3)14-7-5-12(6-8-14)17(21)13-9-15(19)11-16(20)10-13/h5-11,17H,4H2,1-3H3. The fourth-order valence-electron chi connectivity index (χ4n) is 2.22. The second-order valence-electron chi connectivity index (χ2n) is 5.92. The quantitative estimate of drug-likeness (QED) is 0.405. The third-order valence-corrected chi connectivity index (χ3v) is 6.02. The zero-order valence-corrected chi connectivity index (χ0v) is 17.2. The number of halogens is 3. The Morgan fingerprint density at radius 1 is 0.905 bits per heavy atom. The van der Waals surface area contributed by atoms with E-state index in [9.17, 15) is 0 Å². The monoisotopic (exact) mass is 472 g/mol. The average Bonchev–Trinajstić information content (AvgIpc) is 2.45. The maximum Gasteiger partial charge on any atom is 0.0645 e. The molecule has 0 amide bonds. The normalized spacial score (nSPS) is 13.2. The molecule has 2 aromatic carbocycles. The lowest BCUT2D eigenvalue weighted by molar-refractivity contribution is 0.506. The van der Waals surface area contributed by atoms with E-state index in [0.29, 0.717) is 0 Å². The first-order valence-electron chi connectivity index (χ1n) is 7.04. The van der Waals surface area contributed by atoms with Crippen LogP contribution in [0.1, 0.15) is 48.7 Å². The first-order valence-corrected chi connectivity index (χ1v) is 9.54. The second kappa shape index (κ2) is 6.97. The van der Waals surface area contributed by atoms with Crippen LogP contribution < -0.4 is 0 Å². The van der Waals surface area contributed by atoms with Gasteiger partial charge in [0.25, 0.3) is 0 Å². The lowest BCUT2D eigenvalue weighted by Gasteiger charge is -2.24. The highest BCUT2D eigenvalue weighted by Crippen LogP contribution is 2.35. The first kappa shape index (κ1) is 17.2. The summed E-state index contributed by atoms with van der Waals surface area (Å²) < 4.78 is 2.17. The molecule has 0 N–H and O–H groups in total. The highest BCUT2D eigenvalue weighted by molar-refractivity contribution is 9.11. The molecule has 0 saturated carbocycles. The number of alkyl halides is 1. The van der Waals surface area contributed by atoms with Crippen LogP contribution in [0.5, 0.6) is 0 Å². The summed E-state index contributed by atoms with van der Waals surface area (Å²) in [7, 11) is 0. The third-order valence-electron chi connectivity index (χ3n) is 4.05. The van der Waals surface area contributed by atoms with Crippen molar-refractivity contribution in [1.82, 2.24) is 0 Å². The van der Waals surface area contributed by atoms with Crippen molar-refractivity contribution >= 4 is 47.8 Å². The van der Waals surface area contributed by atoms with Gasteiger partial charge in [-0.2, -0.15) is 0 Å². The average molecular weight is 475 g/mol. The molecular weight excluding hydrogens is 456 g/mol. The SMILES string of the molecule is CCC(C)(C)c1ccc(C(Br)c2cc(Br)cc(Br)c2)cc1. The van der Waals surface area contributed by atoms with E-state index in [1.165, 1.54) is 16.7 Å². The fraction of sp³-hybridized carbons (Fsp3) is 0.333. The minimum Gasteiger partial charge on any atom is -0.0786 e. The Morgan fingerprint density at radius 3 is 1.90 bits per heavy atom. The summed E-state index contributed by atoms with van der Waals surface area (Å²) in [5.74, 6) is 0. The molecule has 1 unspecified atom stereocenters. The van der Waals surface area contributed by atoms with Crippen molar-refractivity contribution in [3.63, 3.8) is 0 Å². The van der Waals surface area contributed by atoms with E-state index in [0.717, 1.165) is 15.4 Å². The summed E-state index contributed by atoms with van der Waals surface area (Å²) >= 11 is 10.9. The molecule has 21 heavy (non-hydrogen) atoms. The molecule has 0 aliphatic rings. The third kappa shape index (κ3) is 4.20. The molecule has 112 valence electrons. The maximum atomic E-state index is 3.81. The van der Waals surface area contributed by atoms with Crippen LogP contribution in [0.2, 0.25) is 0 Å². The molecule has 0 nitrogen and oxygen atoms in total. The van der Waals surface area contributed by atoms with E-state index < -0.39 is 0 Å². The largest absolute Gasteiger partial charge is 0.0786 e. The van der Waals surface area contributed by atoms with Gasteiger partial charge in [-0.15, -0.1) is 0 Å². The summed E-state index contributed by atoms with van der Waals surface area (Å²) in [6.07, 6.45) is 1.14. The molecule has 0 fully saturated rings.